The number of halogens is 3. The maximum Gasteiger partial charge on any atom is 0.416 e. The third kappa shape index (κ3) is 4.48. The molecule has 0 saturated heterocycles. The molecule has 2 aromatic rings. The number of carbonyl (C=O) groups excluding carboxylic acids is 1. The predicted molar refractivity (Wildman–Crippen MR) is 81.5 cm³/mol. The van der Waals surface area contributed by atoms with Crippen LogP contribution >= 0.6 is 0 Å². The minimum absolute atomic E-state index is 0.203. The molecule has 122 valence electrons. The number of hydrogen-bond acceptors (Lipinski definition) is 2. The summed E-state index contributed by atoms with van der Waals surface area (Å²) in [6, 6.07) is 9.85. The molecule has 0 saturated carbocycles. The quantitative estimate of drug-likeness (QED) is 0.909. The van der Waals surface area contributed by atoms with Crippen molar-refractivity contribution in [2.45, 2.75) is 20.0 Å². The number of aryl methyl sites for hydroxylation is 2. The fourth-order valence-corrected chi connectivity index (χ4v) is 2.08. The van der Waals surface area contributed by atoms with E-state index in [4.69, 9.17) is 4.74 Å². The second-order valence-corrected chi connectivity index (χ2v) is 5.13. The zero-order valence-electron chi connectivity index (χ0n) is 12.7. The SMILES string of the molecule is Cc1cccc(C)c1NC(=O)COc1ccc(C(F)(F)F)cc1. The van der Waals surface area contributed by atoms with Crippen molar-refractivity contribution in [3.05, 3.63) is 59.2 Å². The Bertz CT molecular complexity index is 674. The Morgan fingerprint density at radius 3 is 2.13 bits per heavy atom. The molecular weight excluding hydrogens is 307 g/mol. The summed E-state index contributed by atoms with van der Waals surface area (Å²) in [5, 5.41) is 2.74. The normalized spacial score (nSPS) is 11.2. The topological polar surface area (TPSA) is 38.3 Å². The molecule has 3 nitrogen and oxygen atoms in total. The molecule has 2 rings (SSSR count). The number of benzene rings is 2. The number of para-hydroxylation sites is 1. The van der Waals surface area contributed by atoms with Crippen molar-refractivity contribution in [3.8, 4) is 5.75 Å². The van der Waals surface area contributed by atoms with Crippen LogP contribution < -0.4 is 10.1 Å². The van der Waals surface area contributed by atoms with E-state index in [1.807, 2.05) is 32.0 Å². The van der Waals surface area contributed by atoms with Crippen LogP contribution in [-0.4, -0.2) is 12.5 Å². The molecule has 0 unspecified atom stereocenters. The molecule has 0 aliphatic carbocycles. The molecule has 1 amide bonds. The van der Waals surface area contributed by atoms with Gasteiger partial charge in [-0.3, -0.25) is 4.79 Å². The van der Waals surface area contributed by atoms with Crippen molar-refractivity contribution in [2.24, 2.45) is 0 Å². The summed E-state index contributed by atoms with van der Waals surface area (Å²) in [6.07, 6.45) is -4.39. The third-order valence-corrected chi connectivity index (χ3v) is 3.30. The smallest absolute Gasteiger partial charge is 0.416 e. The van der Waals surface area contributed by atoms with Crippen LogP contribution in [0, 0.1) is 13.8 Å². The summed E-state index contributed by atoms with van der Waals surface area (Å²) in [6.45, 7) is 3.47. The first-order valence-electron chi connectivity index (χ1n) is 6.93. The fraction of sp³-hybridized carbons (Fsp3) is 0.235. The summed E-state index contributed by atoms with van der Waals surface area (Å²) in [5.74, 6) is -0.169. The van der Waals surface area contributed by atoms with E-state index in [2.05, 4.69) is 5.32 Å². The van der Waals surface area contributed by atoms with Gasteiger partial charge in [0.15, 0.2) is 6.61 Å². The molecule has 0 fully saturated rings. The first-order chi connectivity index (χ1) is 10.8. The first-order valence-corrected chi connectivity index (χ1v) is 6.93. The maximum absolute atomic E-state index is 12.4. The Balaban J connectivity index is 1.94. The van der Waals surface area contributed by atoms with Gasteiger partial charge in [-0.2, -0.15) is 13.2 Å². The van der Waals surface area contributed by atoms with Crippen LogP contribution in [0.3, 0.4) is 0 Å². The largest absolute Gasteiger partial charge is 0.484 e. The molecule has 0 aliphatic rings. The van der Waals surface area contributed by atoms with Gasteiger partial charge in [0.25, 0.3) is 5.91 Å². The van der Waals surface area contributed by atoms with Gasteiger partial charge >= 0.3 is 6.18 Å². The predicted octanol–water partition coefficient (Wildman–Crippen LogP) is 4.34. The molecule has 2 aromatic carbocycles. The average Bonchev–Trinajstić information content (AvgIpc) is 2.48. The van der Waals surface area contributed by atoms with Gasteiger partial charge in [-0.25, -0.2) is 0 Å². The van der Waals surface area contributed by atoms with Crippen LogP contribution in [0.2, 0.25) is 0 Å². The van der Waals surface area contributed by atoms with Gasteiger partial charge in [0, 0.05) is 5.69 Å². The standard InChI is InChI=1S/C17H16F3NO2/c1-11-4-3-5-12(2)16(11)21-15(22)10-23-14-8-6-13(7-9-14)17(18,19)20/h3-9H,10H2,1-2H3,(H,21,22). The number of nitrogens with one attached hydrogen (secondary N) is 1. The lowest BCUT2D eigenvalue weighted by molar-refractivity contribution is -0.137. The molecule has 0 radical (unpaired) electrons. The molecule has 0 heterocycles. The highest BCUT2D eigenvalue weighted by Crippen LogP contribution is 2.30. The van der Waals surface area contributed by atoms with Crippen molar-refractivity contribution in [1.82, 2.24) is 0 Å². The number of anilines is 1. The van der Waals surface area contributed by atoms with Crippen LogP contribution in [-0.2, 0) is 11.0 Å². The Morgan fingerprint density at radius 2 is 1.61 bits per heavy atom. The number of carbonyl (C=O) groups is 1. The highest BCUT2D eigenvalue weighted by molar-refractivity contribution is 5.93. The summed E-state index contributed by atoms with van der Waals surface area (Å²) in [4.78, 5) is 11.9. The zero-order chi connectivity index (χ0) is 17.0. The van der Waals surface area contributed by atoms with Gasteiger partial charge in [-0.15, -0.1) is 0 Å². The fourth-order valence-electron chi connectivity index (χ4n) is 2.08. The van der Waals surface area contributed by atoms with E-state index in [0.717, 1.165) is 23.3 Å². The summed E-state index contributed by atoms with van der Waals surface area (Å²) in [7, 11) is 0. The van der Waals surface area contributed by atoms with Crippen molar-refractivity contribution in [1.29, 1.82) is 0 Å². The summed E-state index contributed by atoms with van der Waals surface area (Å²) in [5.41, 5.74) is 1.80. The molecule has 0 atom stereocenters. The molecule has 6 heteroatoms. The molecular formula is C17H16F3NO2. The lowest BCUT2D eigenvalue weighted by Crippen LogP contribution is -2.21. The Morgan fingerprint density at radius 1 is 1.04 bits per heavy atom. The van der Waals surface area contributed by atoms with Crippen LogP contribution in [0.5, 0.6) is 5.75 Å². The van der Waals surface area contributed by atoms with Crippen molar-refractivity contribution < 1.29 is 22.7 Å². The molecule has 0 aromatic heterocycles. The van der Waals surface area contributed by atoms with E-state index in [1.54, 1.807) is 0 Å². The molecule has 0 spiro atoms. The van der Waals surface area contributed by atoms with E-state index in [9.17, 15) is 18.0 Å². The highest BCUT2D eigenvalue weighted by Gasteiger charge is 2.30. The first kappa shape index (κ1) is 16.9. The van der Waals surface area contributed by atoms with E-state index in [0.29, 0.717) is 5.69 Å². The van der Waals surface area contributed by atoms with Gasteiger partial charge in [-0.1, -0.05) is 18.2 Å². The maximum atomic E-state index is 12.4. The monoisotopic (exact) mass is 323 g/mol. The van der Waals surface area contributed by atoms with Crippen LogP contribution in [0.1, 0.15) is 16.7 Å². The van der Waals surface area contributed by atoms with Crippen molar-refractivity contribution in [3.63, 3.8) is 0 Å². The minimum Gasteiger partial charge on any atom is -0.484 e. The Kier molecular flexibility index (Phi) is 4.93. The molecule has 0 bridgehead atoms. The van der Waals surface area contributed by atoms with E-state index < -0.39 is 11.7 Å². The van der Waals surface area contributed by atoms with Crippen LogP contribution in [0.25, 0.3) is 0 Å². The van der Waals surface area contributed by atoms with Gasteiger partial charge in [0.05, 0.1) is 5.56 Å². The summed E-state index contributed by atoms with van der Waals surface area (Å²) >= 11 is 0. The van der Waals surface area contributed by atoms with Crippen molar-refractivity contribution >= 4 is 11.6 Å². The number of ether oxygens (including phenoxy) is 1. The minimum atomic E-state index is -4.39. The Hall–Kier alpha value is -2.50. The second kappa shape index (κ2) is 6.73. The number of hydrogen-bond donors (Lipinski definition) is 1. The number of rotatable bonds is 4. The van der Waals surface area contributed by atoms with Gasteiger partial charge in [0.2, 0.25) is 0 Å². The second-order valence-electron chi connectivity index (χ2n) is 5.13. The molecule has 0 aliphatic heterocycles. The zero-order valence-corrected chi connectivity index (χ0v) is 12.7. The van der Waals surface area contributed by atoms with Crippen molar-refractivity contribution in [2.75, 3.05) is 11.9 Å². The van der Waals surface area contributed by atoms with Crippen LogP contribution in [0.15, 0.2) is 42.5 Å². The van der Waals surface area contributed by atoms with E-state index in [-0.39, 0.29) is 18.3 Å². The van der Waals surface area contributed by atoms with E-state index >= 15 is 0 Å². The van der Waals surface area contributed by atoms with Gasteiger partial charge in [0.1, 0.15) is 5.75 Å². The highest BCUT2D eigenvalue weighted by atomic mass is 19.4. The molecule has 23 heavy (non-hydrogen) atoms. The summed E-state index contributed by atoms with van der Waals surface area (Å²) < 4.78 is 42.5. The average molecular weight is 323 g/mol. The lowest BCUT2D eigenvalue weighted by atomic mass is 10.1. The van der Waals surface area contributed by atoms with Gasteiger partial charge < -0.3 is 10.1 Å². The third-order valence-electron chi connectivity index (χ3n) is 3.30. The Labute approximate surface area is 132 Å². The van der Waals surface area contributed by atoms with Crippen LogP contribution in [0.4, 0.5) is 18.9 Å². The number of amides is 1. The van der Waals surface area contributed by atoms with E-state index in [1.165, 1.54) is 12.1 Å². The molecule has 1 N–H and O–H groups in total. The van der Waals surface area contributed by atoms with Gasteiger partial charge in [-0.05, 0) is 49.2 Å². The number of alkyl halides is 3. The lowest BCUT2D eigenvalue weighted by Gasteiger charge is -2.12.